The van der Waals surface area contributed by atoms with Crippen molar-refractivity contribution < 1.29 is 29.7 Å². The zero-order valence-corrected chi connectivity index (χ0v) is 47.4. The van der Waals surface area contributed by atoms with Crippen LogP contribution in [0.25, 0.3) is 0 Å². The van der Waals surface area contributed by atoms with Gasteiger partial charge in [0.1, 0.15) is 12.4 Å². The van der Waals surface area contributed by atoms with Crippen molar-refractivity contribution in [3.63, 3.8) is 0 Å². The number of aromatic carboxylic acids is 1. The van der Waals surface area contributed by atoms with E-state index in [2.05, 4.69) is 134 Å². The van der Waals surface area contributed by atoms with E-state index < -0.39 is 5.97 Å². The lowest BCUT2D eigenvalue weighted by Gasteiger charge is -2.29. The average molecular weight is 1010 g/mol. The number of amides is 2. The Kier molecular flexibility index (Phi) is 30.5. The van der Waals surface area contributed by atoms with Crippen LogP contribution in [0.4, 0.5) is 0 Å². The Morgan fingerprint density at radius 1 is 0.583 bits per heavy atom. The molecule has 0 aliphatic carbocycles. The largest absolute Gasteiger partial charge is 0.492 e. The molecule has 396 valence electrons. The summed E-state index contributed by atoms with van der Waals surface area (Å²) in [6, 6.07) is 40.2. The molecule has 10 nitrogen and oxygen atoms in total. The van der Waals surface area contributed by atoms with E-state index in [1.165, 1.54) is 32.7 Å². The van der Waals surface area contributed by atoms with Crippen molar-refractivity contribution in [3.8, 4) is 5.75 Å². The quantitative estimate of drug-likeness (QED) is 0.105. The molecular weight excluding hydrogens is 917 g/mol. The molecule has 0 bridgehead atoms. The maximum Gasteiger partial charge on any atom is 0.335 e. The number of carbonyl (C=O) groups is 3. The summed E-state index contributed by atoms with van der Waals surface area (Å²) in [6.45, 7) is 25.4. The van der Waals surface area contributed by atoms with Crippen LogP contribution < -0.4 is 10.1 Å². The number of rotatable bonds is 14. The van der Waals surface area contributed by atoms with Crippen LogP contribution in [0.3, 0.4) is 0 Å². The van der Waals surface area contributed by atoms with E-state index in [0.717, 1.165) is 56.0 Å². The molecule has 11 heteroatoms. The van der Waals surface area contributed by atoms with Crippen molar-refractivity contribution in [1.82, 2.24) is 20.0 Å². The van der Waals surface area contributed by atoms with E-state index in [0.29, 0.717) is 41.2 Å². The second-order valence-electron chi connectivity index (χ2n) is 20.2. The van der Waals surface area contributed by atoms with Crippen LogP contribution in [0.1, 0.15) is 171 Å². The number of ether oxygens (including phenoxy) is 1. The second-order valence-corrected chi connectivity index (χ2v) is 21.1. The van der Waals surface area contributed by atoms with Gasteiger partial charge in [0.15, 0.2) is 0 Å². The van der Waals surface area contributed by atoms with Gasteiger partial charge in [-0.25, -0.2) is 4.79 Å². The van der Waals surface area contributed by atoms with Gasteiger partial charge in [-0.05, 0) is 171 Å². The highest BCUT2D eigenvalue weighted by molar-refractivity contribution is 7.98. The number of thioether (sulfide) groups is 1. The van der Waals surface area contributed by atoms with Crippen molar-refractivity contribution in [2.45, 2.75) is 123 Å². The Morgan fingerprint density at radius 3 is 1.26 bits per heavy atom. The predicted octanol–water partition coefficient (Wildman–Crippen LogP) is 13.1. The molecule has 1 heterocycles. The molecule has 1 aliphatic rings. The Morgan fingerprint density at radius 2 is 0.931 bits per heavy atom. The molecule has 72 heavy (non-hydrogen) atoms. The van der Waals surface area contributed by atoms with Gasteiger partial charge in [0.05, 0.1) is 5.56 Å². The number of carboxylic acids is 1. The maximum atomic E-state index is 12.2. The van der Waals surface area contributed by atoms with Gasteiger partial charge in [0.2, 0.25) is 0 Å². The third-order valence-corrected chi connectivity index (χ3v) is 12.8. The lowest BCUT2D eigenvalue weighted by atomic mass is 10.0. The Bertz CT molecular complexity index is 2250. The molecule has 1 saturated heterocycles. The van der Waals surface area contributed by atoms with Crippen molar-refractivity contribution >= 4 is 29.5 Å². The number of likely N-dealkylation sites (tertiary alicyclic amines) is 1. The number of hydrogen-bond donors (Lipinski definition) is 2. The van der Waals surface area contributed by atoms with E-state index in [1.807, 2.05) is 86.9 Å². The number of carbonyl (C=O) groups excluding carboxylic acids is 2. The molecule has 0 saturated carbocycles. The van der Waals surface area contributed by atoms with Crippen molar-refractivity contribution in [2.24, 2.45) is 0 Å². The summed E-state index contributed by atoms with van der Waals surface area (Å²) >= 11 is 1.79. The van der Waals surface area contributed by atoms with Crippen LogP contribution in [0.5, 0.6) is 5.75 Å². The van der Waals surface area contributed by atoms with Gasteiger partial charge in [-0.2, -0.15) is 0 Å². The molecule has 0 radical (unpaired) electrons. The summed E-state index contributed by atoms with van der Waals surface area (Å²) in [7, 11) is 9.75. The summed E-state index contributed by atoms with van der Waals surface area (Å²) in [5.74, 6) is 2.90. The summed E-state index contributed by atoms with van der Waals surface area (Å²) < 4.78 is 5.61. The number of likely N-dealkylation sites (N-methyl/N-ethyl adjacent to an activating group) is 1. The van der Waals surface area contributed by atoms with Crippen LogP contribution in [0, 0.1) is 0 Å². The molecule has 1 aliphatic heterocycles. The molecule has 0 aromatic heterocycles. The fraction of sp³-hybridized carbons (Fsp3) is 0.459. The first-order chi connectivity index (χ1) is 33.5. The zero-order valence-electron chi connectivity index (χ0n) is 46.6. The van der Waals surface area contributed by atoms with Gasteiger partial charge in [-0.15, -0.1) is 11.8 Å². The monoisotopic (exact) mass is 1010 g/mol. The molecule has 5 aromatic carbocycles. The second kappa shape index (κ2) is 34.1. The maximum absolute atomic E-state index is 12.2. The minimum Gasteiger partial charge on any atom is -0.492 e. The minimum absolute atomic E-state index is 0. The highest BCUT2D eigenvalue weighted by Crippen LogP contribution is 2.21. The van der Waals surface area contributed by atoms with Gasteiger partial charge >= 0.3 is 5.97 Å². The molecule has 0 atom stereocenters. The third kappa shape index (κ3) is 24.8. The minimum atomic E-state index is -0.870. The fourth-order valence-electron chi connectivity index (χ4n) is 7.00. The number of nitrogens with zero attached hydrogens (tertiary/aromatic N) is 3. The Balaban J connectivity index is 0.000000454. The van der Waals surface area contributed by atoms with Gasteiger partial charge in [0.25, 0.3) is 11.8 Å². The summed E-state index contributed by atoms with van der Waals surface area (Å²) in [4.78, 5) is 41.5. The van der Waals surface area contributed by atoms with Crippen molar-refractivity contribution in [3.05, 3.63) is 166 Å². The number of benzene rings is 5. The highest BCUT2D eigenvalue weighted by atomic mass is 32.2. The first-order valence-corrected chi connectivity index (χ1v) is 26.5. The van der Waals surface area contributed by atoms with E-state index >= 15 is 0 Å². The lowest BCUT2D eigenvalue weighted by molar-refractivity contribution is 0.0696. The number of piperidine rings is 1. The SMILES string of the molecule is CC(C)c1ccc(C(=O)N(C)C)cc1.CC(C)c1ccc(C(=O)NC2CCN(C)CC2)cc1.CC(C)c1ccc(C(=O)O)cc1.CC(C)c1ccc(OCCN(C)C)cc1.CSc1ccc(C(C)C)cc1.O. The molecule has 0 spiro atoms. The van der Waals surface area contributed by atoms with Gasteiger partial charge < -0.3 is 35.3 Å². The van der Waals surface area contributed by atoms with Crippen molar-refractivity contribution in [2.75, 3.05) is 67.7 Å². The molecule has 2 amide bonds. The first kappa shape index (κ1) is 64.6. The molecule has 5 aromatic rings. The molecule has 0 unspecified atom stereocenters. The summed E-state index contributed by atoms with van der Waals surface area (Å²) in [5, 5.41) is 11.8. The van der Waals surface area contributed by atoms with Crippen LogP contribution in [-0.2, 0) is 0 Å². The Hall–Kier alpha value is -5.46. The lowest BCUT2D eigenvalue weighted by Crippen LogP contribution is -2.43. The van der Waals surface area contributed by atoms with Crippen LogP contribution in [0.15, 0.2) is 126 Å². The predicted molar refractivity (Wildman–Crippen MR) is 305 cm³/mol. The van der Waals surface area contributed by atoms with E-state index in [9.17, 15) is 14.4 Å². The first-order valence-electron chi connectivity index (χ1n) is 25.3. The van der Waals surface area contributed by atoms with E-state index in [4.69, 9.17) is 9.84 Å². The normalized spacial score (nSPS) is 12.3. The topological polar surface area (TPSA) is 134 Å². The number of carboxylic acid groups (broad SMARTS) is 1. The van der Waals surface area contributed by atoms with Crippen LogP contribution in [-0.4, -0.2) is 117 Å². The highest BCUT2D eigenvalue weighted by Gasteiger charge is 2.19. The summed E-state index contributed by atoms with van der Waals surface area (Å²) in [5.41, 5.74) is 8.34. The molecular formula is C61H90N4O6S. The average Bonchev–Trinajstić information content (AvgIpc) is 3.35. The van der Waals surface area contributed by atoms with Gasteiger partial charge in [0, 0.05) is 42.7 Å². The molecule has 1 fully saturated rings. The van der Waals surface area contributed by atoms with Crippen LogP contribution in [0.2, 0.25) is 0 Å². The fourth-order valence-corrected chi connectivity index (χ4v) is 7.41. The third-order valence-electron chi connectivity index (χ3n) is 12.1. The smallest absolute Gasteiger partial charge is 0.335 e. The van der Waals surface area contributed by atoms with Gasteiger partial charge in [-0.1, -0.05) is 130 Å². The zero-order chi connectivity index (χ0) is 53.2. The van der Waals surface area contributed by atoms with Crippen LogP contribution >= 0.6 is 11.8 Å². The summed E-state index contributed by atoms with van der Waals surface area (Å²) in [6.07, 6.45) is 4.20. The molecule has 6 rings (SSSR count). The van der Waals surface area contributed by atoms with Crippen molar-refractivity contribution in [1.29, 1.82) is 0 Å². The molecule has 4 N–H and O–H groups in total. The number of nitrogens with one attached hydrogen (secondary N) is 1. The van der Waals surface area contributed by atoms with Gasteiger partial charge in [-0.3, -0.25) is 9.59 Å². The standard InChI is InChI=1S/C16H24N2O.C13H21NO.C12H17NO.C10H12O2.C10H14S.H2O/c1-12(2)13-4-6-14(7-5-13)16(19)17-15-8-10-18(3)11-9-15;1-11(2)12-5-7-13(8-6-12)15-10-9-14(3)4;1-9(2)10-5-7-11(8-6-10)12(14)13(3)4;1-7(2)8-3-5-9(6-4-8)10(11)12;1-8(2)9-4-6-10(11-3)7-5-9;/h4-7,12,15H,8-11H2,1-3H3,(H,17,19);5-8,11H,9-10H2,1-4H3;5-9H,1-4H3;3-7H,1-2H3,(H,11,12);4-8H,1-3H3;1H2. The Labute approximate surface area is 439 Å². The van der Waals surface area contributed by atoms with E-state index in [1.54, 1.807) is 42.9 Å². The van der Waals surface area contributed by atoms with E-state index in [-0.39, 0.29) is 17.3 Å². The number of hydrogen-bond acceptors (Lipinski definition) is 7.